The quantitative estimate of drug-likeness (QED) is 0.843. The van der Waals surface area contributed by atoms with E-state index in [-0.39, 0.29) is 41.7 Å². The Morgan fingerprint density at radius 3 is 2.25 bits per heavy atom. The molecular formula is C8H11CeO2P. The van der Waals surface area contributed by atoms with Gasteiger partial charge in [-0.05, 0) is 12.1 Å². The van der Waals surface area contributed by atoms with Crippen LogP contribution in [0.25, 0.3) is 0 Å². The predicted molar refractivity (Wildman–Crippen MR) is 46.4 cm³/mol. The van der Waals surface area contributed by atoms with Crippen molar-refractivity contribution in [2.24, 2.45) is 0 Å². The van der Waals surface area contributed by atoms with E-state index in [9.17, 15) is 9.46 Å². The molecule has 1 atom stereocenters. The van der Waals surface area contributed by atoms with Crippen molar-refractivity contribution in [1.82, 2.24) is 0 Å². The van der Waals surface area contributed by atoms with E-state index in [1.807, 2.05) is 6.07 Å². The Hall–Kier alpha value is 0.787. The Balaban J connectivity index is 0.00000121. The second kappa shape index (κ2) is 5.50. The van der Waals surface area contributed by atoms with Crippen LogP contribution >= 0.6 is 7.37 Å². The molecule has 0 bridgehead atoms. The maximum Gasteiger partial charge on any atom is 0.229 e. The van der Waals surface area contributed by atoms with Gasteiger partial charge in [-0.1, -0.05) is 25.1 Å². The summed E-state index contributed by atoms with van der Waals surface area (Å²) in [6, 6.07) is 8.75. The maximum atomic E-state index is 11.3. The summed E-state index contributed by atoms with van der Waals surface area (Å²) in [7, 11) is -3.03. The summed E-state index contributed by atoms with van der Waals surface area (Å²) in [5.74, 6) is 0. The van der Waals surface area contributed by atoms with E-state index in [2.05, 4.69) is 0 Å². The molecule has 0 aliphatic heterocycles. The Bertz CT molecular complexity index is 274. The van der Waals surface area contributed by atoms with Crippen LogP contribution in [0.2, 0.25) is 0 Å². The normalized spacial score (nSPS) is 14.5. The molecule has 1 aromatic rings. The number of rotatable bonds is 2. The molecule has 0 saturated carbocycles. The zero-order valence-corrected chi connectivity index (χ0v) is 10.9. The second-order valence-corrected chi connectivity index (χ2v) is 4.91. The van der Waals surface area contributed by atoms with Crippen molar-refractivity contribution >= 4 is 12.7 Å². The van der Waals surface area contributed by atoms with Crippen molar-refractivity contribution in [3.63, 3.8) is 0 Å². The summed E-state index contributed by atoms with van der Waals surface area (Å²) in [6.07, 6.45) is 0.303. The summed E-state index contributed by atoms with van der Waals surface area (Å²) in [5.41, 5.74) is 0. The van der Waals surface area contributed by atoms with Crippen molar-refractivity contribution in [2.75, 3.05) is 6.16 Å². The average molecular weight is 310 g/mol. The van der Waals surface area contributed by atoms with Crippen LogP contribution in [-0.4, -0.2) is 11.1 Å². The minimum absolute atomic E-state index is 0. The molecule has 12 heavy (non-hydrogen) atoms. The molecule has 0 heterocycles. The molecule has 0 saturated heterocycles. The molecule has 1 unspecified atom stereocenters. The van der Waals surface area contributed by atoms with Crippen LogP contribution in [0.3, 0.4) is 0 Å². The Morgan fingerprint density at radius 1 is 1.33 bits per heavy atom. The molecular weight excluding hydrogens is 299 g/mol. The van der Waals surface area contributed by atoms with Crippen LogP contribution in [0.5, 0.6) is 0 Å². The fourth-order valence-electron chi connectivity index (χ4n) is 0.844. The van der Waals surface area contributed by atoms with Crippen molar-refractivity contribution in [2.45, 2.75) is 6.92 Å². The Kier molecular flexibility index (Phi) is 5.86. The first-order valence-corrected chi connectivity index (χ1v) is 5.39. The van der Waals surface area contributed by atoms with E-state index in [0.29, 0.717) is 11.5 Å². The second-order valence-electron chi connectivity index (χ2n) is 2.35. The standard InChI is InChI=1S/C8H11O2P.Ce/c1-2-11(9,10)8-6-4-3-5-7-8;/h3-7H,2H2,1H3,(H,9,10);. The molecule has 0 amide bonds. The minimum atomic E-state index is -3.03. The summed E-state index contributed by atoms with van der Waals surface area (Å²) < 4.78 is 11.3. The SMILES string of the molecule is CCP(=O)(O)c1ccccc1.[Ce]. The molecule has 0 aliphatic rings. The molecule has 1 N–H and O–H groups in total. The van der Waals surface area contributed by atoms with E-state index in [0.717, 1.165) is 0 Å². The van der Waals surface area contributed by atoms with Gasteiger partial charge in [0.1, 0.15) is 0 Å². The Morgan fingerprint density at radius 2 is 1.83 bits per heavy atom. The molecule has 0 radical (unpaired) electrons. The van der Waals surface area contributed by atoms with Gasteiger partial charge >= 0.3 is 0 Å². The topological polar surface area (TPSA) is 37.3 Å². The first-order valence-electron chi connectivity index (χ1n) is 3.54. The van der Waals surface area contributed by atoms with Crippen LogP contribution in [0, 0.1) is 41.7 Å². The molecule has 1 rings (SSSR count). The molecule has 4 heteroatoms. The van der Waals surface area contributed by atoms with E-state index in [1.165, 1.54) is 0 Å². The monoisotopic (exact) mass is 310 g/mol. The third-order valence-electron chi connectivity index (χ3n) is 1.59. The summed E-state index contributed by atoms with van der Waals surface area (Å²) in [6.45, 7) is 1.72. The van der Waals surface area contributed by atoms with Crippen LogP contribution < -0.4 is 5.30 Å². The van der Waals surface area contributed by atoms with Crippen molar-refractivity contribution in [1.29, 1.82) is 0 Å². The number of hydrogen-bond acceptors (Lipinski definition) is 1. The van der Waals surface area contributed by atoms with E-state index in [1.54, 1.807) is 31.2 Å². The molecule has 0 spiro atoms. The molecule has 0 aromatic heterocycles. The average Bonchev–Trinajstić information content (AvgIpc) is 2.06. The smallest absolute Gasteiger partial charge is 0.229 e. The van der Waals surface area contributed by atoms with E-state index in [4.69, 9.17) is 0 Å². The van der Waals surface area contributed by atoms with Crippen LogP contribution in [-0.2, 0) is 4.57 Å². The van der Waals surface area contributed by atoms with Gasteiger partial charge < -0.3 is 4.89 Å². The molecule has 1 aromatic carbocycles. The van der Waals surface area contributed by atoms with Gasteiger partial charge in [-0.3, -0.25) is 4.57 Å². The zero-order chi connectivity index (χ0) is 8.32. The first kappa shape index (κ1) is 12.8. The van der Waals surface area contributed by atoms with Crippen LogP contribution in [0.15, 0.2) is 30.3 Å². The largest absolute Gasteiger partial charge is 0.341 e. The van der Waals surface area contributed by atoms with Gasteiger partial charge in [-0.15, -0.1) is 0 Å². The van der Waals surface area contributed by atoms with Crippen LogP contribution in [0.4, 0.5) is 0 Å². The van der Waals surface area contributed by atoms with Gasteiger partial charge in [-0.2, -0.15) is 0 Å². The maximum absolute atomic E-state index is 11.3. The first-order chi connectivity index (χ1) is 5.17. The molecule has 0 aliphatic carbocycles. The fraction of sp³-hybridized carbons (Fsp3) is 0.250. The minimum Gasteiger partial charge on any atom is -0.341 e. The summed E-state index contributed by atoms with van der Waals surface area (Å²) in [5, 5.41) is 0.544. The molecule has 0 fully saturated rings. The van der Waals surface area contributed by atoms with Gasteiger partial charge in [0.05, 0.1) is 0 Å². The fourth-order valence-corrected chi connectivity index (χ4v) is 1.85. The zero-order valence-electron chi connectivity index (χ0n) is 6.90. The third-order valence-corrected chi connectivity index (χ3v) is 3.55. The van der Waals surface area contributed by atoms with Crippen LogP contribution in [0.1, 0.15) is 6.92 Å². The van der Waals surface area contributed by atoms with Crippen molar-refractivity contribution in [3.05, 3.63) is 30.3 Å². The third kappa shape index (κ3) is 3.27. The Labute approximate surface area is 106 Å². The van der Waals surface area contributed by atoms with Crippen molar-refractivity contribution in [3.8, 4) is 0 Å². The molecule has 64 valence electrons. The number of hydrogen-bond donors (Lipinski definition) is 1. The summed E-state index contributed by atoms with van der Waals surface area (Å²) >= 11 is 0. The van der Waals surface area contributed by atoms with Crippen molar-refractivity contribution < 1.29 is 51.2 Å². The molecule has 2 nitrogen and oxygen atoms in total. The van der Waals surface area contributed by atoms with Gasteiger partial charge in [0.2, 0.25) is 7.37 Å². The van der Waals surface area contributed by atoms with Gasteiger partial charge in [-0.25, -0.2) is 0 Å². The predicted octanol–water partition coefficient (Wildman–Crippen LogP) is 1.60. The van der Waals surface area contributed by atoms with Gasteiger partial charge in [0.25, 0.3) is 0 Å². The van der Waals surface area contributed by atoms with E-state index >= 15 is 0 Å². The van der Waals surface area contributed by atoms with E-state index < -0.39 is 7.37 Å². The summed E-state index contributed by atoms with van der Waals surface area (Å²) in [4.78, 5) is 9.35. The van der Waals surface area contributed by atoms with Gasteiger partial charge in [0.15, 0.2) is 0 Å². The number of benzene rings is 1. The van der Waals surface area contributed by atoms with Gasteiger partial charge in [0, 0.05) is 53.2 Å².